The standard InChI is InChI=1S/C11H15NO2/c1-7(2)11(14)12-9-4-8(3)5-10(13)6-9/h4-7,13H,1-3H3,(H,12,14). The van der Waals surface area contributed by atoms with Crippen LogP contribution >= 0.6 is 0 Å². The number of amides is 1. The van der Waals surface area contributed by atoms with Crippen LogP contribution in [0.5, 0.6) is 5.75 Å². The fourth-order valence-electron chi connectivity index (χ4n) is 1.12. The average Bonchev–Trinajstić information content (AvgIpc) is 2.01. The van der Waals surface area contributed by atoms with Crippen LogP contribution < -0.4 is 5.32 Å². The maximum atomic E-state index is 11.3. The van der Waals surface area contributed by atoms with Gasteiger partial charge in [-0.15, -0.1) is 0 Å². The van der Waals surface area contributed by atoms with E-state index in [-0.39, 0.29) is 17.6 Å². The molecule has 0 saturated carbocycles. The van der Waals surface area contributed by atoms with E-state index in [9.17, 15) is 9.90 Å². The molecule has 14 heavy (non-hydrogen) atoms. The van der Waals surface area contributed by atoms with Gasteiger partial charge >= 0.3 is 0 Å². The summed E-state index contributed by atoms with van der Waals surface area (Å²) < 4.78 is 0. The maximum Gasteiger partial charge on any atom is 0.226 e. The lowest BCUT2D eigenvalue weighted by Crippen LogP contribution is -2.17. The molecule has 0 radical (unpaired) electrons. The molecule has 0 aliphatic carbocycles. The summed E-state index contributed by atoms with van der Waals surface area (Å²) >= 11 is 0. The molecule has 0 aromatic heterocycles. The Morgan fingerprint density at radius 1 is 1.36 bits per heavy atom. The lowest BCUT2D eigenvalue weighted by atomic mass is 10.1. The molecule has 0 unspecified atom stereocenters. The van der Waals surface area contributed by atoms with Gasteiger partial charge in [0.25, 0.3) is 0 Å². The van der Waals surface area contributed by atoms with Gasteiger partial charge in [-0.2, -0.15) is 0 Å². The topological polar surface area (TPSA) is 49.3 Å². The van der Waals surface area contributed by atoms with E-state index in [1.807, 2.05) is 26.8 Å². The lowest BCUT2D eigenvalue weighted by Gasteiger charge is -2.08. The van der Waals surface area contributed by atoms with E-state index < -0.39 is 0 Å². The first kappa shape index (κ1) is 10.6. The first-order valence-electron chi connectivity index (χ1n) is 4.60. The molecule has 3 nitrogen and oxygen atoms in total. The Bertz CT molecular complexity index is 325. The summed E-state index contributed by atoms with van der Waals surface area (Å²) in [7, 11) is 0. The molecule has 1 amide bonds. The van der Waals surface area contributed by atoms with E-state index in [0.29, 0.717) is 5.69 Å². The fourth-order valence-corrected chi connectivity index (χ4v) is 1.12. The Morgan fingerprint density at radius 3 is 2.50 bits per heavy atom. The zero-order valence-corrected chi connectivity index (χ0v) is 8.66. The number of anilines is 1. The molecule has 0 saturated heterocycles. The number of carbonyl (C=O) groups is 1. The van der Waals surface area contributed by atoms with Crippen LogP contribution in [-0.4, -0.2) is 11.0 Å². The number of aromatic hydroxyl groups is 1. The minimum atomic E-state index is -0.0577. The Morgan fingerprint density at radius 2 is 2.00 bits per heavy atom. The largest absolute Gasteiger partial charge is 0.508 e. The lowest BCUT2D eigenvalue weighted by molar-refractivity contribution is -0.118. The summed E-state index contributed by atoms with van der Waals surface area (Å²) in [6.45, 7) is 5.51. The molecule has 0 aliphatic heterocycles. The number of rotatable bonds is 2. The number of carbonyl (C=O) groups excluding carboxylic acids is 1. The number of aryl methyl sites for hydroxylation is 1. The molecule has 1 rings (SSSR count). The van der Waals surface area contributed by atoms with Crippen LogP contribution in [0.15, 0.2) is 18.2 Å². The SMILES string of the molecule is Cc1cc(O)cc(NC(=O)C(C)C)c1. The number of hydrogen-bond acceptors (Lipinski definition) is 2. The van der Waals surface area contributed by atoms with Crippen LogP contribution in [0, 0.1) is 12.8 Å². The maximum absolute atomic E-state index is 11.3. The first-order valence-corrected chi connectivity index (χ1v) is 4.60. The highest BCUT2D eigenvalue weighted by Gasteiger charge is 2.07. The van der Waals surface area contributed by atoms with Gasteiger partial charge in [-0.1, -0.05) is 13.8 Å². The first-order chi connectivity index (χ1) is 6.49. The third kappa shape index (κ3) is 2.76. The van der Waals surface area contributed by atoms with Crippen LogP contribution in [0.25, 0.3) is 0 Å². The summed E-state index contributed by atoms with van der Waals surface area (Å²) in [5.74, 6) is 0.0664. The summed E-state index contributed by atoms with van der Waals surface area (Å²) in [6.07, 6.45) is 0. The van der Waals surface area contributed by atoms with Gasteiger partial charge in [0.1, 0.15) is 5.75 Å². The van der Waals surface area contributed by atoms with Gasteiger partial charge in [-0.05, 0) is 24.6 Å². The molecule has 76 valence electrons. The second-order valence-corrected chi connectivity index (χ2v) is 3.70. The molecule has 0 bridgehead atoms. The fraction of sp³-hybridized carbons (Fsp3) is 0.364. The Labute approximate surface area is 83.8 Å². The Balaban J connectivity index is 2.82. The molecular weight excluding hydrogens is 178 g/mol. The van der Waals surface area contributed by atoms with Gasteiger partial charge in [-0.25, -0.2) is 0 Å². The highest BCUT2D eigenvalue weighted by atomic mass is 16.3. The van der Waals surface area contributed by atoms with E-state index in [1.54, 1.807) is 6.07 Å². The van der Waals surface area contributed by atoms with Crippen molar-refractivity contribution in [1.29, 1.82) is 0 Å². The monoisotopic (exact) mass is 193 g/mol. The molecular formula is C11H15NO2. The van der Waals surface area contributed by atoms with E-state index in [1.165, 1.54) is 6.07 Å². The quantitative estimate of drug-likeness (QED) is 0.757. The number of nitrogens with one attached hydrogen (secondary N) is 1. The van der Waals surface area contributed by atoms with Crippen LogP contribution in [0.4, 0.5) is 5.69 Å². The molecule has 0 fully saturated rings. The zero-order chi connectivity index (χ0) is 10.7. The van der Waals surface area contributed by atoms with Gasteiger partial charge in [-0.3, -0.25) is 4.79 Å². The third-order valence-corrected chi connectivity index (χ3v) is 1.85. The van der Waals surface area contributed by atoms with E-state index >= 15 is 0 Å². The normalized spacial score (nSPS) is 10.3. The molecule has 0 atom stereocenters. The zero-order valence-electron chi connectivity index (χ0n) is 8.66. The number of phenols is 1. The van der Waals surface area contributed by atoms with Crippen LogP contribution in [0.3, 0.4) is 0 Å². The highest BCUT2D eigenvalue weighted by Crippen LogP contribution is 2.19. The molecule has 0 spiro atoms. The predicted molar refractivity (Wildman–Crippen MR) is 56.3 cm³/mol. The van der Waals surface area contributed by atoms with Gasteiger partial charge in [0.15, 0.2) is 0 Å². The number of phenolic OH excluding ortho intramolecular Hbond substituents is 1. The summed E-state index contributed by atoms with van der Waals surface area (Å²) in [6, 6.07) is 5.00. The van der Waals surface area contributed by atoms with Gasteiger partial charge in [0.2, 0.25) is 5.91 Å². The summed E-state index contributed by atoms with van der Waals surface area (Å²) in [4.78, 5) is 11.3. The minimum absolute atomic E-state index is 0.0463. The van der Waals surface area contributed by atoms with Crippen molar-refractivity contribution in [3.63, 3.8) is 0 Å². The molecule has 0 aliphatic rings. The average molecular weight is 193 g/mol. The van der Waals surface area contributed by atoms with E-state index in [0.717, 1.165) is 5.56 Å². The minimum Gasteiger partial charge on any atom is -0.508 e. The summed E-state index contributed by atoms with van der Waals surface area (Å²) in [5.41, 5.74) is 1.56. The molecule has 2 N–H and O–H groups in total. The molecule has 1 aromatic rings. The summed E-state index contributed by atoms with van der Waals surface area (Å²) in [5, 5.41) is 12.0. The van der Waals surface area contributed by atoms with Crippen molar-refractivity contribution in [2.24, 2.45) is 5.92 Å². The van der Waals surface area contributed by atoms with Crippen molar-refractivity contribution in [2.45, 2.75) is 20.8 Å². The second kappa shape index (κ2) is 4.13. The van der Waals surface area contributed by atoms with Crippen molar-refractivity contribution < 1.29 is 9.90 Å². The third-order valence-electron chi connectivity index (χ3n) is 1.85. The predicted octanol–water partition coefficient (Wildman–Crippen LogP) is 2.30. The van der Waals surface area contributed by atoms with Gasteiger partial charge in [0, 0.05) is 17.7 Å². The van der Waals surface area contributed by atoms with Crippen molar-refractivity contribution >= 4 is 11.6 Å². The van der Waals surface area contributed by atoms with Crippen molar-refractivity contribution in [3.8, 4) is 5.75 Å². The number of benzene rings is 1. The van der Waals surface area contributed by atoms with Crippen LogP contribution in [-0.2, 0) is 4.79 Å². The van der Waals surface area contributed by atoms with Gasteiger partial charge in [0.05, 0.1) is 0 Å². The van der Waals surface area contributed by atoms with Crippen LogP contribution in [0.2, 0.25) is 0 Å². The van der Waals surface area contributed by atoms with Crippen molar-refractivity contribution in [1.82, 2.24) is 0 Å². The Kier molecular flexibility index (Phi) is 3.12. The van der Waals surface area contributed by atoms with E-state index in [2.05, 4.69) is 5.32 Å². The van der Waals surface area contributed by atoms with Crippen molar-refractivity contribution in [2.75, 3.05) is 5.32 Å². The number of hydrogen-bond donors (Lipinski definition) is 2. The Hall–Kier alpha value is -1.51. The van der Waals surface area contributed by atoms with Crippen LogP contribution in [0.1, 0.15) is 19.4 Å². The van der Waals surface area contributed by atoms with E-state index in [4.69, 9.17) is 0 Å². The molecule has 3 heteroatoms. The van der Waals surface area contributed by atoms with Crippen molar-refractivity contribution in [3.05, 3.63) is 23.8 Å². The van der Waals surface area contributed by atoms with Gasteiger partial charge < -0.3 is 10.4 Å². The highest BCUT2D eigenvalue weighted by molar-refractivity contribution is 5.92. The molecule has 0 heterocycles. The molecule has 1 aromatic carbocycles. The smallest absolute Gasteiger partial charge is 0.226 e. The second-order valence-electron chi connectivity index (χ2n) is 3.70.